The Bertz CT molecular complexity index is 1410. The Hall–Kier alpha value is -3.97. The standard InChI is InChI=1S/C25H20N4O2S/c1-16-14-18(29-13-12-26-15-29)8-9-19(16)24(30)28-25-27-22-21(31-2)11-10-20(23(22)32-25)17-6-4-3-5-7-17/h3-15H,1-2H3,(H,27,28,30). The van der Waals surface area contributed by atoms with Gasteiger partial charge in [-0.15, -0.1) is 0 Å². The minimum atomic E-state index is -0.195. The molecule has 6 nitrogen and oxygen atoms in total. The van der Waals surface area contributed by atoms with Crippen molar-refractivity contribution in [2.75, 3.05) is 12.4 Å². The SMILES string of the molecule is COc1ccc(-c2ccccc2)c2sc(NC(=O)c3ccc(-n4ccnc4)cc3C)nc12. The van der Waals surface area contributed by atoms with Crippen LogP contribution in [0.5, 0.6) is 5.75 Å². The summed E-state index contributed by atoms with van der Waals surface area (Å²) < 4.78 is 8.39. The number of hydrogen-bond donors (Lipinski definition) is 1. The molecule has 1 N–H and O–H groups in total. The summed E-state index contributed by atoms with van der Waals surface area (Å²) in [6, 6.07) is 19.7. The van der Waals surface area contributed by atoms with Gasteiger partial charge >= 0.3 is 0 Å². The van der Waals surface area contributed by atoms with Gasteiger partial charge in [0.05, 0.1) is 18.1 Å². The topological polar surface area (TPSA) is 69.0 Å². The summed E-state index contributed by atoms with van der Waals surface area (Å²) in [5, 5.41) is 3.50. The highest BCUT2D eigenvalue weighted by atomic mass is 32.1. The first-order chi connectivity index (χ1) is 15.6. The Morgan fingerprint density at radius 2 is 1.94 bits per heavy atom. The first-order valence-electron chi connectivity index (χ1n) is 10.1. The highest BCUT2D eigenvalue weighted by Gasteiger charge is 2.17. The molecule has 0 atom stereocenters. The van der Waals surface area contributed by atoms with Crippen LogP contribution in [0, 0.1) is 6.92 Å². The van der Waals surface area contributed by atoms with E-state index in [0.717, 1.165) is 32.6 Å². The molecule has 0 saturated heterocycles. The molecular formula is C25H20N4O2S. The smallest absolute Gasteiger partial charge is 0.257 e. The Kier molecular flexibility index (Phi) is 5.17. The third kappa shape index (κ3) is 3.63. The number of imidazole rings is 1. The lowest BCUT2D eigenvalue weighted by Crippen LogP contribution is -2.13. The van der Waals surface area contributed by atoms with Crippen LogP contribution in [-0.2, 0) is 0 Å². The van der Waals surface area contributed by atoms with Crippen molar-refractivity contribution in [2.45, 2.75) is 6.92 Å². The number of hydrogen-bond acceptors (Lipinski definition) is 5. The summed E-state index contributed by atoms with van der Waals surface area (Å²) in [4.78, 5) is 21.8. The van der Waals surface area contributed by atoms with Crippen LogP contribution in [0.4, 0.5) is 5.13 Å². The largest absolute Gasteiger partial charge is 0.494 e. The lowest BCUT2D eigenvalue weighted by Gasteiger charge is -2.08. The van der Waals surface area contributed by atoms with Gasteiger partial charge < -0.3 is 9.30 Å². The van der Waals surface area contributed by atoms with Gasteiger partial charge in [0, 0.05) is 29.2 Å². The van der Waals surface area contributed by atoms with Crippen LogP contribution in [0.3, 0.4) is 0 Å². The van der Waals surface area contributed by atoms with Gasteiger partial charge in [0.2, 0.25) is 0 Å². The van der Waals surface area contributed by atoms with Gasteiger partial charge in [-0.05, 0) is 48.4 Å². The number of ether oxygens (including phenoxy) is 1. The monoisotopic (exact) mass is 440 g/mol. The number of fused-ring (bicyclic) bond motifs is 1. The van der Waals surface area contributed by atoms with E-state index in [2.05, 4.69) is 27.4 Å². The number of carbonyl (C=O) groups excluding carboxylic acids is 1. The maximum absolute atomic E-state index is 13.0. The van der Waals surface area contributed by atoms with Crippen LogP contribution in [0.15, 0.2) is 79.4 Å². The molecule has 2 heterocycles. The van der Waals surface area contributed by atoms with Crippen molar-refractivity contribution >= 4 is 32.6 Å². The quantitative estimate of drug-likeness (QED) is 0.380. The second-order valence-corrected chi connectivity index (χ2v) is 8.30. The molecule has 0 aliphatic rings. The Balaban J connectivity index is 1.48. The third-order valence-corrected chi connectivity index (χ3v) is 6.29. The summed E-state index contributed by atoms with van der Waals surface area (Å²) in [6.07, 6.45) is 5.32. The number of methoxy groups -OCH3 is 1. The summed E-state index contributed by atoms with van der Waals surface area (Å²) in [5.74, 6) is 0.483. The van der Waals surface area contributed by atoms with E-state index in [1.54, 1.807) is 19.6 Å². The van der Waals surface area contributed by atoms with E-state index in [0.29, 0.717) is 16.4 Å². The first-order valence-corrected chi connectivity index (χ1v) is 10.9. The van der Waals surface area contributed by atoms with Gasteiger partial charge in [0.25, 0.3) is 5.91 Å². The zero-order chi connectivity index (χ0) is 22.1. The number of rotatable bonds is 5. The number of anilines is 1. The molecule has 2 aromatic heterocycles. The van der Waals surface area contributed by atoms with E-state index in [4.69, 9.17) is 4.74 Å². The molecule has 0 aliphatic carbocycles. The van der Waals surface area contributed by atoms with Gasteiger partial charge in [-0.1, -0.05) is 41.7 Å². The highest BCUT2D eigenvalue weighted by molar-refractivity contribution is 7.23. The van der Waals surface area contributed by atoms with Crippen LogP contribution in [0.2, 0.25) is 0 Å². The first kappa shape index (κ1) is 20.0. The van der Waals surface area contributed by atoms with Crippen molar-refractivity contribution in [3.63, 3.8) is 0 Å². The molecule has 32 heavy (non-hydrogen) atoms. The molecule has 0 saturated carbocycles. The predicted molar refractivity (Wildman–Crippen MR) is 128 cm³/mol. The van der Waals surface area contributed by atoms with Crippen molar-refractivity contribution in [3.05, 3.63) is 90.5 Å². The molecule has 1 amide bonds. The molecule has 158 valence electrons. The van der Waals surface area contributed by atoms with E-state index in [1.807, 2.05) is 66.2 Å². The van der Waals surface area contributed by atoms with E-state index < -0.39 is 0 Å². The van der Waals surface area contributed by atoms with Gasteiger partial charge in [0.15, 0.2) is 5.13 Å². The molecule has 7 heteroatoms. The maximum atomic E-state index is 13.0. The molecular weight excluding hydrogens is 420 g/mol. The zero-order valence-corrected chi connectivity index (χ0v) is 18.4. The molecule has 3 aromatic carbocycles. The van der Waals surface area contributed by atoms with E-state index in [-0.39, 0.29) is 5.91 Å². The van der Waals surface area contributed by atoms with Crippen molar-refractivity contribution in [1.82, 2.24) is 14.5 Å². The predicted octanol–water partition coefficient (Wildman–Crippen LogP) is 5.72. The zero-order valence-electron chi connectivity index (χ0n) is 17.6. The number of amides is 1. The van der Waals surface area contributed by atoms with Gasteiger partial charge in [-0.2, -0.15) is 0 Å². The second kappa shape index (κ2) is 8.28. The second-order valence-electron chi connectivity index (χ2n) is 7.30. The molecule has 5 rings (SSSR count). The number of benzene rings is 3. The van der Waals surface area contributed by atoms with Crippen LogP contribution in [0.1, 0.15) is 15.9 Å². The fourth-order valence-electron chi connectivity index (χ4n) is 3.69. The number of carbonyl (C=O) groups is 1. The Morgan fingerprint density at radius 3 is 2.66 bits per heavy atom. The average Bonchev–Trinajstić information content (AvgIpc) is 3.49. The molecule has 0 aliphatic heterocycles. The van der Waals surface area contributed by atoms with Crippen LogP contribution >= 0.6 is 11.3 Å². The normalized spacial score (nSPS) is 10.9. The number of aromatic nitrogens is 3. The summed E-state index contributed by atoms with van der Waals surface area (Å²) in [7, 11) is 1.62. The van der Waals surface area contributed by atoms with Crippen LogP contribution in [-0.4, -0.2) is 27.6 Å². The highest BCUT2D eigenvalue weighted by Crippen LogP contribution is 2.39. The third-order valence-electron chi connectivity index (χ3n) is 5.29. The van der Waals surface area contributed by atoms with Gasteiger partial charge in [-0.3, -0.25) is 10.1 Å². The number of thiazole rings is 1. The van der Waals surface area contributed by atoms with Crippen molar-refractivity contribution in [3.8, 4) is 22.6 Å². The van der Waals surface area contributed by atoms with Crippen LogP contribution < -0.4 is 10.1 Å². The summed E-state index contributed by atoms with van der Waals surface area (Å²) in [6.45, 7) is 1.92. The van der Waals surface area contributed by atoms with Crippen LogP contribution in [0.25, 0.3) is 27.0 Å². The number of aryl methyl sites for hydroxylation is 1. The molecule has 0 unspecified atom stereocenters. The minimum Gasteiger partial charge on any atom is -0.494 e. The Labute approximate surface area is 189 Å². The minimum absolute atomic E-state index is 0.195. The summed E-state index contributed by atoms with van der Waals surface area (Å²) in [5.41, 5.74) is 5.31. The lowest BCUT2D eigenvalue weighted by molar-refractivity contribution is 0.102. The molecule has 0 radical (unpaired) electrons. The molecule has 0 fully saturated rings. The molecule has 0 bridgehead atoms. The maximum Gasteiger partial charge on any atom is 0.257 e. The van der Waals surface area contributed by atoms with Crippen molar-refractivity contribution in [1.29, 1.82) is 0 Å². The number of nitrogens with one attached hydrogen (secondary N) is 1. The van der Waals surface area contributed by atoms with Gasteiger partial charge in [0.1, 0.15) is 11.3 Å². The van der Waals surface area contributed by atoms with Crippen molar-refractivity contribution < 1.29 is 9.53 Å². The van der Waals surface area contributed by atoms with E-state index in [1.165, 1.54) is 11.3 Å². The lowest BCUT2D eigenvalue weighted by atomic mass is 10.1. The average molecular weight is 441 g/mol. The fourth-order valence-corrected chi connectivity index (χ4v) is 4.70. The van der Waals surface area contributed by atoms with E-state index in [9.17, 15) is 4.79 Å². The fraction of sp³-hybridized carbons (Fsp3) is 0.0800. The van der Waals surface area contributed by atoms with Crippen molar-refractivity contribution in [2.24, 2.45) is 0 Å². The molecule has 0 spiro atoms. The summed E-state index contributed by atoms with van der Waals surface area (Å²) >= 11 is 1.44. The van der Waals surface area contributed by atoms with E-state index >= 15 is 0 Å². The number of nitrogens with zero attached hydrogens (tertiary/aromatic N) is 3. The Morgan fingerprint density at radius 1 is 1.09 bits per heavy atom. The van der Waals surface area contributed by atoms with Gasteiger partial charge in [-0.25, -0.2) is 9.97 Å². The molecule has 5 aromatic rings.